The van der Waals surface area contributed by atoms with E-state index in [0.29, 0.717) is 11.3 Å². The second kappa shape index (κ2) is 12.8. The van der Waals surface area contributed by atoms with Crippen molar-refractivity contribution in [3.05, 3.63) is 71.4 Å². The van der Waals surface area contributed by atoms with Crippen LogP contribution in [-0.2, 0) is 48.0 Å². The molecule has 0 bridgehead atoms. The van der Waals surface area contributed by atoms with E-state index in [1.54, 1.807) is 20.8 Å². The van der Waals surface area contributed by atoms with Crippen LogP contribution in [0.2, 0.25) is 0 Å². The maximum absolute atomic E-state index is 12.7. The second-order valence-corrected chi connectivity index (χ2v) is 9.65. The molecular weight excluding hydrogens is 490 g/mol. The number of esters is 2. The molecule has 0 saturated carbocycles. The number of carbonyl (C=O) groups is 4. The molecule has 3 N–H and O–H groups in total. The molecule has 10 nitrogen and oxygen atoms in total. The third-order valence-corrected chi connectivity index (χ3v) is 5.49. The first-order valence-corrected chi connectivity index (χ1v) is 12.2. The molecule has 0 saturated heterocycles. The normalized spacial score (nSPS) is 11.9. The quantitative estimate of drug-likeness (QED) is 0.274. The zero-order valence-corrected chi connectivity index (χ0v) is 22.0. The van der Waals surface area contributed by atoms with E-state index in [9.17, 15) is 19.2 Å². The molecule has 10 heteroatoms. The molecule has 2 aromatic carbocycles. The van der Waals surface area contributed by atoms with Gasteiger partial charge in [-0.3, -0.25) is 9.59 Å². The lowest BCUT2D eigenvalue weighted by Crippen LogP contribution is -2.47. The summed E-state index contributed by atoms with van der Waals surface area (Å²) in [6.45, 7) is 4.86. The largest absolute Gasteiger partial charge is 0.467 e. The van der Waals surface area contributed by atoms with Gasteiger partial charge >= 0.3 is 18.0 Å². The Bertz CT molecular complexity index is 1280. The van der Waals surface area contributed by atoms with Crippen LogP contribution in [0.4, 0.5) is 4.79 Å². The molecule has 3 rings (SSSR count). The van der Waals surface area contributed by atoms with Crippen LogP contribution in [0.1, 0.15) is 37.6 Å². The van der Waals surface area contributed by atoms with Crippen molar-refractivity contribution in [1.82, 2.24) is 15.6 Å². The third-order valence-electron chi connectivity index (χ3n) is 5.49. The predicted molar refractivity (Wildman–Crippen MR) is 140 cm³/mol. The number of ether oxygens (including phenoxy) is 3. The van der Waals surface area contributed by atoms with Gasteiger partial charge in [-0.2, -0.15) is 0 Å². The zero-order chi connectivity index (χ0) is 27.7. The number of methoxy groups -OCH3 is 1. The molecular formula is C28H33N3O7. The first kappa shape index (κ1) is 28.2. The number of amides is 2. The van der Waals surface area contributed by atoms with Gasteiger partial charge in [-0.25, -0.2) is 9.59 Å². The van der Waals surface area contributed by atoms with E-state index >= 15 is 0 Å². The Kier molecular flexibility index (Phi) is 9.48. The zero-order valence-electron chi connectivity index (χ0n) is 22.0. The fourth-order valence-corrected chi connectivity index (χ4v) is 3.82. The lowest BCUT2D eigenvalue weighted by Gasteiger charge is -2.20. The average molecular weight is 524 g/mol. The van der Waals surface area contributed by atoms with Gasteiger partial charge < -0.3 is 29.8 Å². The van der Waals surface area contributed by atoms with Gasteiger partial charge in [0.15, 0.2) is 0 Å². The van der Waals surface area contributed by atoms with Crippen molar-refractivity contribution >= 4 is 34.8 Å². The predicted octanol–water partition coefficient (Wildman–Crippen LogP) is 3.18. The summed E-state index contributed by atoms with van der Waals surface area (Å²) in [7, 11) is 1.22. The number of aromatic amines is 1. The lowest BCUT2D eigenvalue weighted by molar-refractivity contribution is -0.145. The van der Waals surface area contributed by atoms with E-state index < -0.39 is 42.1 Å². The number of hydrogen-bond donors (Lipinski definition) is 3. The first-order valence-electron chi connectivity index (χ1n) is 12.2. The number of benzene rings is 2. The Morgan fingerprint density at radius 3 is 2.34 bits per heavy atom. The van der Waals surface area contributed by atoms with Gasteiger partial charge in [0, 0.05) is 23.0 Å². The molecule has 0 aliphatic carbocycles. The Balaban J connectivity index is 1.73. The smallest absolute Gasteiger partial charge is 0.408 e. The summed E-state index contributed by atoms with van der Waals surface area (Å²) < 4.78 is 15.5. The van der Waals surface area contributed by atoms with Crippen LogP contribution in [0.5, 0.6) is 0 Å². The summed E-state index contributed by atoms with van der Waals surface area (Å²) in [5, 5.41) is 5.76. The second-order valence-electron chi connectivity index (χ2n) is 9.65. The SMILES string of the molecule is COC(=O)[C@H](Cc1c(CC(=O)OCc2ccccc2)[nH]c2ccccc12)NC(=O)CNC(=O)OC(C)(C)C. The summed E-state index contributed by atoms with van der Waals surface area (Å²) in [6.07, 6.45) is -0.759. The fraction of sp³-hybridized carbons (Fsp3) is 0.357. The molecule has 38 heavy (non-hydrogen) atoms. The molecule has 0 spiro atoms. The van der Waals surface area contributed by atoms with Crippen molar-refractivity contribution < 1.29 is 33.4 Å². The van der Waals surface area contributed by atoms with E-state index in [-0.39, 0.29) is 19.4 Å². The van der Waals surface area contributed by atoms with Gasteiger partial charge in [-0.1, -0.05) is 48.5 Å². The maximum atomic E-state index is 12.7. The number of H-pyrrole nitrogens is 1. The topological polar surface area (TPSA) is 136 Å². The highest BCUT2D eigenvalue weighted by atomic mass is 16.6. The molecule has 202 valence electrons. The van der Waals surface area contributed by atoms with Crippen molar-refractivity contribution in [2.75, 3.05) is 13.7 Å². The number of carbonyl (C=O) groups excluding carboxylic acids is 4. The Hall–Kier alpha value is -4.34. The molecule has 1 aromatic heterocycles. The van der Waals surface area contributed by atoms with Gasteiger partial charge in [0.25, 0.3) is 0 Å². The monoisotopic (exact) mass is 523 g/mol. The summed E-state index contributed by atoms with van der Waals surface area (Å²) in [5.74, 6) is -1.71. The average Bonchev–Trinajstić information content (AvgIpc) is 3.21. The molecule has 1 atom stereocenters. The van der Waals surface area contributed by atoms with E-state index in [1.165, 1.54) is 7.11 Å². The summed E-state index contributed by atoms with van der Waals surface area (Å²) >= 11 is 0. The van der Waals surface area contributed by atoms with Crippen molar-refractivity contribution in [3.63, 3.8) is 0 Å². The standard InChI is InChI=1S/C28H33N3O7/c1-28(2,3)38-27(35)29-16-24(32)31-23(26(34)36-4)14-20-19-12-8-9-13-21(19)30-22(20)15-25(33)37-17-18-10-6-5-7-11-18/h5-13,23,30H,14-17H2,1-4H3,(H,29,35)(H,31,32)/t23-/m0/s1. The van der Waals surface area contributed by atoms with Crippen LogP contribution >= 0.6 is 0 Å². The van der Waals surface area contributed by atoms with E-state index in [1.807, 2.05) is 54.6 Å². The number of nitrogens with one attached hydrogen (secondary N) is 3. The van der Waals surface area contributed by atoms with Gasteiger partial charge in [0.2, 0.25) is 5.91 Å². The number of hydrogen-bond acceptors (Lipinski definition) is 7. The third kappa shape index (κ3) is 8.36. The molecule has 0 unspecified atom stereocenters. The van der Waals surface area contributed by atoms with Gasteiger partial charge in [-0.05, 0) is 38.0 Å². The number of rotatable bonds is 10. The van der Waals surface area contributed by atoms with Crippen LogP contribution in [0.25, 0.3) is 10.9 Å². The Morgan fingerprint density at radius 1 is 0.974 bits per heavy atom. The molecule has 3 aromatic rings. The number of aromatic nitrogens is 1. The number of alkyl carbamates (subject to hydrolysis) is 1. The van der Waals surface area contributed by atoms with Crippen molar-refractivity contribution in [1.29, 1.82) is 0 Å². The number of para-hydroxylation sites is 1. The highest BCUT2D eigenvalue weighted by molar-refractivity contribution is 5.90. The van der Waals surface area contributed by atoms with E-state index in [0.717, 1.165) is 16.5 Å². The first-order chi connectivity index (χ1) is 18.1. The molecule has 0 fully saturated rings. The molecule has 0 aliphatic heterocycles. The summed E-state index contributed by atoms with van der Waals surface area (Å²) in [4.78, 5) is 52.9. The lowest BCUT2D eigenvalue weighted by atomic mass is 10.0. The van der Waals surface area contributed by atoms with Crippen LogP contribution in [0.15, 0.2) is 54.6 Å². The van der Waals surface area contributed by atoms with Gasteiger partial charge in [0.1, 0.15) is 24.8 Å². The van der Waals surface area contributed by atoms with E-state index in [2.05, 4.69) is 15.6 Å². The van der Waals surface area contributed by atoms with E-state index in [4.69, 9.17) is 14.2 Å². The van der Waals surface area contributed by atoms with Crippen LogP contribution < -0.4 is 10.6 Å². The van der Waals surface area contributed by atoms with Crippen LogP contribution in [0.3, 0.4) is 0 Å². The highest BCUT2D eigenvalue weighted by Gasteiger charge is 2.26. The van der Waals surface area contributed by atoms with Gasteiger partial charge in [-0.15, -0.1) is 0 Å². The van der Waals surface area contributed by atoms with Gasteiger partial charge in [0.05, 0.1) is 13.5 Å². The minimum atomic E-state index is -1.06. The molecule has 2 amide bonds. The fourth-order valence-electron chi connectivity index (χ4n) is 3.82. The maximum Gasteiger partial charge on any atom is 0.408 e. The van der Waals surface area contributed by atoms with Crippen LogP contribution in [-0.4, -0.2) is 54.2 Å². The molecule has 0 radical (unpaired) electrons. The molecule has 1 heterocycles. The summed E-state index contributed by atoms with van der Waals surface area (Å²) in [5.41, 5.74) is 2.16. The minimum Gasteiger partial charge on any atom is -0.467 e. The van der Waals surface area contributed by atoms with Crippen molar-refractivity contribution in [2.24, 2.45) is 0 Å². The number of fused-ring (bicyclic) bond motifs is 1. The van der Waals surface area contributed by atoms with Crippen molar-refractivity contribution in [3.8, 4) is 0 Å². The highest BCUT2D eigenvalue weighted by Crippen LogP contribution is 2.25. The Morgan fingerprint density at radius 2 is 1.66 bits per heavy atom. The molecule has 0 aliphatic rings. The summed E-state index contributed by atoms with van der Waals surface area (Å²) in [6, 6.07) is 15.7. The Labute approximate surface area is 221 Å². The minimum absolute atomic E-state index is 0.0517. The van der Waals surface area contributed by atoms with Crippen LogP contribution in [0, 0.1) is 0 Å². The van der Waals surface area contributed by atoms with Crippen molar-refractivity contribution in [2.45, 2.75) is 51.9 Å².